The van der Waals surface area contributed by atoms with E-state index in [4.69, 9.17) is 0 Å². The Hall–Kier alpha value is -1.90. The lowest BCUT2D eigenvalue weighted by Gasteiger charge is -2.29. The molecule has 0 spiro atoms. The Morgan fingerprint density at radius 1 is 1.44 bits per heavy atom. The van der Waals surface area contributed by atoms with Crippen molar-refractivity contribution in [2.75, 3.05) is 0 Å². The van der Waals surface area contributed by atoms with Crippen LogP contribution in [0.5, 0.6) is 0 Å². The number of ketones is 1. The Morgan fingerprint density at radius 2 is 2.22 bits per heavy atom. The molecular formula is C15H16N2O. The minimum Gasteiger partial charge on any atom is -0.292 e. The van der Waals surface area contributed by atoms with Gasteiger partial charge >= 0.3 is 0 Å². The predicted molar refractivity (Wildman–Crippen MR) is 69.8 cm³/mol. The number of benzene rings is 1. The maximum atomic E-state index is 12.1. The summed E-state index contributed by atoms with van der Waals surface area (Å²) in [5.74, 6) is 0.536. The second kappa shape index (κ2) is 4.09. The summed E-state index contributed by atoms with van der Waals surface area (Å²) in [7, 11) is 1.87. The molecule has 1 aromatic heterocycles. The zero-order chi connectivity index (χ0) is 12.7. The molecule has 92 valence electrons. The van der Waals surface area contributed by atoms with Crippen LogP contribution in [0.2, 0.25) is 0 Å². The number of aromatic nitrogens is 2. The lowest BCUT2D eigenvalue weighted by atomic mass is 9.75. The number of hydrogen-bond donors (Lipinski definition) is 0. The summed E-state index contributed by atoms with van der Waals surface area (Å²) < 4.78 is 1.75. The van der Waals surface area contributed by atoms with E-state index in [2.05, 4.69) is 23.3 Å². The first-order valence-electron chi connectivity index (χ1n) is 6.27. The molecule has 0 radical (unpaired) electrons. The molecule has 1 heterocycles. The highest BCUT2D eigenvalue weighted by atomic mass is 16.1. The predicted octanol–water partition coefficient (Wildman–Crippen LogP) is 2.64. The molecule has 2 aromatic rings. The SMILES string of the molecule is Cc1cc(C(=O)CC2Cc3ccccc32)nn1C. The minimum absolute atomic E-state index is 0.151. The van der Waals surface area contributed by atoms with Crippen molar-refractivity contribution in [3.63, 3.8) is 0 Å². The number of fused-ring (bicyclic) bond motifs is 1. The molecule has 0 fully saturated rings. The maximum absolute atomic E-state index is 12.1. The van der Waals surface area contributed by atoms with Crippen molar-refractivity contribution in [1.82, 2.24) is 9.78 Å². The van der Waals surface area contributed by atoms with Gasteiger partial charge in [-0.15, -0.1) is 0 Å². The number of hydrogen-bond acceptors (Lipinski definition) is 2. The molecule has 1 aliphatic rings. The van der Waals surface area contributed by atoms with Crippen LogP contribution in [0, 0.1) is 6.92 Å². The lowest BCUT2D eigenvalue weighted by molar-refractivity contribution is 0.0965. The summed E-state index contributed by atoms with van der Waals surface area (Å²) in [5.41, 5.74) is 4.33. The fourth-order valence-electron chi connectivity index (χ4n) is 2.57. The van der Waals surface area contributed by atoms with E-state index in [1.165, 1.54) is 11.1 Å². The summed E-state index contributed by atoms with van der Waals surface area (Å²) in [6.45, 7) is 1.96. The van der Waals surface area contributed by atoms with Crippen molar-refractivity contribution in [1.29, 1.82) is 0 Å². The highest BCUT2D eigenvalue weighted by Gasteiger charge is 2.28. The van der Waals surface area contributed by atoms with Gasteiger partial charge in [-0.25, -0.2) is 0 Å². The van der Waals surface area contributed by atoms with E-state index in [9.17, 15) is 4.79 Å². The van der Waals surface area contributed by atoms with Crippen molar-refractivity contribution < 1.29 is 4.79 Å². The number of nitrogens with zero attached hydrogens (tertiary/aromatic N) is 2. The summed E-state index contributed by atoms with van der Waals surface area (Å²) >= 11 is 0. The average molecular weight is 240 g/mol. The molecule has 1 aromatic carbocycles. The lowest BCUT2D eigenvalue weighted by Crippen LogP contribution is -2.20. The first-order valence-corrected chi connectivity index (χ1v) is 6.27. The Balaban J connectivity index is 1.74. The van der Waals surface area contributed by atoms with E-state index in [0.717, 1.165) is 12.1 Å². The van der Waals surface area contributed by atoms with E-state index < -0.39 is 0 Å². The second-order valence-electron chi connectivity index (χ2n) is 5.02. The topological polar surface area (TPSA) is 34.9 Å². The maximum Gasteiger partial charge on any atom is 0.183 e. The molecule has 0 N–H and O–H groups in total. The van der Waals surface area contributed by atoms with Crippen LogP contribution in [0.25, 0.3) is 0 Å². The Bertz CT molecular complexity index is 593. The highest BCUT2D eigenvalue weighted by molar-refractivity contribution is 5.95. The zero-order valence-electron chi connectivity index (χ0n) is 10.7. The van der Waals surface area contributed by atoms with Gasteiger partial charge < -0.3 is 0 Å². The third kappa shape index (κ3) is 1.76. The Morgan fingerprint density at radius 3 is 2.89 bits per heavy atom. The van der Waals surface area contributed by atoms with E-state index >= 15 is 0 Å². The van der Waals surface area contributed by atoms with Gasteiger partial charge in [-0.2, -0.15) is 5.10 Å². The quantitative estimate of drug-likeness (QED) is 0.773. The molecule has 0 saturated heterocycles. The molecule has 18 heavy (non-hydrogen) atoms. The molecule has 3 rings (SSSR count). The van der Waals surface area contributed by atoms with Gasteiger partial charge in [0, 0.05) is 19.2 Å². The molecule has 0 aliphatic heterocycles. The molecule has 1 aliphatic carbocycles. The van der Waals surface area contributed by atoms with Crippen LogP contribution >= 0.6 is 0 Å². The van der Waals surface area contributed by atoms with Crippen LogP contribution in [0.15, 0.2) is 30.3 Å². The zero-order valence-corrected chi connectivity index (χ0v) is 10.7. The van der Waals surface area contributed by atoms with Crippen molar-refractivity contribution in [3.8, 4) is 0 Å². The summed E-state index contributed by atoms with van der Waals surface area (Å²) in [4.78, 5) is 12.1. The minimum atomic E-state index is 0.151. The van der Waals surface area contributed by atoms with E-state index in [1.54, 1.807) is 4.68 Å². The molecule has 0 bridgehead atoms. The first kappa shape index (κ1) is 11.2. The van der Waals surface area contributed by atoms with Crippen LogP contribution < -0.4 is 0 Å². The van der Waals surface area contributed by atoms with Crippen LogP contribution in [0.1, 0.15) is 39.6 Å². The van der Waals surface area contributed by atoms with Gasteiger partial charge in [0.25, 0.3) is 0 Å². The molecule has 0 amide bonds. The number of Topliss-reactive ketones (excluding diaryl/α,β-unsaturated/α-hetero) is 1. The monoisotopic (exact) mass is 240 g/mol. The smallest absolute Gasteiger partial charge is 0.183 e. The van der Waals surface area contributed by atoms with Crippen LogP contribution in [-0.4, -0.2) is 15.6 Å². The normalized spacial score (nSPS) is 17.1. The van der Waals surface area contributed by atoms with Gasteiger partial charge in [-0.05, 0) is 36.5 Å². The van der Waals surface area contributed by atoms with Gasteiger partial charge in [0.2, 0.25) is 0 Å². The average Bonchev–Trinajstić information content (AvgIpc) is 2.67. The molecule has 3 heteroatoms. The number of aryl methyl sites for hydroxylation is 2. The van der Waals surface area contributed by atoms with E-state index in [0.29, 0.717) is 18.0 Å². The molecule has 3 nitrogen and oxygen atoms in total. The molecular weight excluding hydrogens is 224 g/mol. The van der Waals surface area contributed by atoms with E-state index in [1.807, 2.05) is 26.1 Å². The summed E-state index contributed by atoms with van der Waals surface area (Å²) in [6, 6.07) is 10.2. The largest absolute Gasteiger partial charge is 0.292 e. The third-order valence-electron chi connectivity index (χ3n) is 3.79. The van der Waals surface area contributed by atoms with Crippen molar-refractivity contribution in [2.24, 2.45) is 7.05 Å². The van der Waals surface area contributed by atoms with E-state index in [-0.39, 0.29) is 5.78 Å². The first-order chi connectivity index (χ1) is 8.65. The summed E-state index contributed by atoms with van der Waals surface area (Å²) in [5, 5.41) is 4.24. The molecule has 1 atom stereocenters. The standard InChI is InChI=1S/C15H16N2O/c1-10-7-14(16-17(10)2)15(18)9-12-8-11-5-3-4-6-13(11)12/h3-7,12H,8-9H2,1-2H3. The van der Waals surface area contributed by atoms with Crippen molar-refractivity contribution in [3.05, 3.63) is 52.8 Å². The van der Waals surface area contributed by atoms with Crippen molar-refractivity contribution in [2.45, 2.75) is 25.7 Å². The molecule has 0 saturated carbocycles. The van der Waals surface area contributed by atoms with Crippen molar-refractivity contribution >= 4 is 5.78 Å². The van der Waals surface area contributed by atoms with Gasteiger partial charge in [0.05, 0.1) is 0 Å². The number of rotatable bonds is 3. The highest BCUT2D eigenvalue weighted by Crippen LogP contribution is 2.37. The fourth-order valence-corrected chi connectivity index (χ4v) is 2.57. The second-order valence-corrected chi connectivity index (χ2v) is 5.02. The third-order valence-corrected chi connectivity index (χ3v) is 3.79. The number of carbonyl (C=O) groups is 1. The van der Waals surface area contributed by atoms with Crippen LogP contribution in [0.3, 0.4) is 0 Å². The number of carbonyl (C=O) groups excluding carboxylic acids is 1. The Labute approximate surface area is 106 Å². The Kier molecular flexibility index (Phi) is 2.54. The summed E-state index contributed by atoms with van der Waals surface area (Å²) in [6.07, 6.45) is 1.60. The van der Waals surface area contributed by atoms with Gasteiger partial charge in [0.15, 0.2) is 5.78 Å². The van der Waals surface area contributed by atoms with Gasteiger partial charge in [-0.1, -0.05) is 24.3 Å². The van der Waals surface area contributed by atoms with Crippen LogP contribution in [-0.2, 0) is 13.5 Å². The van der Waals surface area contributed by atoms with Gasteiger partial charge in [-0.3, -0.25) is 9.48 Å². The molecule has 1 unspecified atom stereocenters. The fraction of sp³-hybridized carbons (Fsp3) is 0.333. The van der Waals surface area contributed by atoms with Crippen LogP contribution in [0.4, 0.5) is 0 Å². The van der Waals surface area contributed by atoms with Gasteiger partial charge in [0.1, 0.15) is 5.69 Å².